The topological polar surface area (TPSA) is 49.7 Å². The molecule has 0 aliphatic heterocycles. The molecule has 0 aliphatic rings. The highest BCUT2D eigenvalue weighted by atomic mass is 16.6. The van der Waals surface area contributed by atoms with E-state index < -0.39 is 7.32 Å². The van der Waals surface area contributed by atoms with Gasteiger partial charge in [-0.3, -0.25) is 0 Å². The Morgan fingerprint density at radius 1 is 0.750 bits per heavy atom. The Balaban J connectivity index is 2.20. The summed E-state index contributed by atoms with van der Waals surface area (Å²) in [6.07, 6.45) is 0. The van der Waals surface area contributed by atoms with E-state index in [0.717, 1.165) is 11.1 Å². The molecule has 0 heterocycles. The average molecular weight is 214 g/mol. The molecule has 0 unspecified atom stereocenters. The Hall–Kier alpha value is -1.78. The molecule has 16 heavy (non-hydrogen) atoms. The molecule has 0 bridgehead atoms. The van der Waals surface area contributed by atoms with Crippen molar-refractivity contribution in [1.29, 1.82) is 0 Å². The van der Waals surface area contributed by atoms with Crippen LogP contribution in [-0.2, 0) is 0 Å². The molecular weight excluding hydrogens is 203 g/mol. The van der Waals surface area contributed by atoms with E-state index in [1.54, 1.807) is 12.1 Å². The van der Waals surface area contributed by atoms with Gasteiger partial charge < -0.3 is 14.7 Å². The van der Waals surface area contributed by atoms with Gasteiger partial charge in [-0.15, -0.1) is 0 Å². The van der Waals surface area contributed by atoms with Crippen LogP contribution in [0.1, 0.15) is 0 Å². The summed E-state index contributed by atoms with van der Waals surface area (Å²) in [6, 6.07) is 17.1. The third kappa shape index (κ3) is 2.62. The Bertz CT molecular complexity index is 440. The van der Waals surface area contributed by atoms with Gasteiger partial charge in [-0.2, -0.15) is 0 Å². The van der Waals surface area contributed by atoms with Crippen LogP contribution in [0.15, 0.2) is 54.6 Å². The summed E-state index contributed by atoms with van der Waals surface area (Å²) in [7, 11) is -1.78. The Labute approximate surface area is 94.1 Å². The Morgan fingerprint density at radius 3 is 1.88 bits per heavy atom. The quantitative estimate of drug-likeness (QED) is 0.764. The maximum atomic E-state index is 8.63. The van der Waals surface area contributed by atoms with Crippen LogP contribution in [0.3, 0.4) is 0 Å². The second-order valence-electron chi connectivity index (χ2n) is 3.33. The maximum absolute atomic E-state index is 8.63. The first-order valence-electron chi connectivity index (χ1n) is 4.94. The van der Waals surface area contributed by atoms with E-state index in [0.29, 0.717) is 5.75 Å². The van der Waals surface area contributed by atoms with Crippen molar-refractivity contribution in [2.75, 3.05) is 0 Å². The van der Waals surface area contributed by atoms with E-state index in [4.69, 9.17) is 14.7 Å². The number of hydrogen-bond acceptors (Lipinski definition) is 3. The second kappa shape index (κ2) is 4.83. The fourth-order valence-electron chi connectivity index (χ4n) is 1.48. The van der Waals surface area contributed by atoms with Crippen LogP contribution in [0.5, 0.6) is 5.75 Å². The van der Waals surface area contributed by atoms with Crippen LogP contribution in [0.4, 0.5) is 0 Å². The lowest BCUT2D eigenvalue weighted by Gasteiger charge is -2.06. The minimum Gasteiger partial charge on any atom is -0.512 e. The average Bonchev–Trinajstić information content (AvgIpc) is 2.30. The smallest absolute Gasteiger partial charge is 0.512 e. The van der Waals surface area contributed by atoms with Gasteiger partial charge >= 0.3 is 7.32 Å². The van der Waals surface area contributed by atoms with Crippen molar-refractivity contribution in [2.45, 2.75) is 0 Å². The first-order valence-corrected chi connectivity index (χ1v) is 4.94. The van der Waals surface area contributed by atoms with Gasteiger partial charge in [0.15, 0.2) is 0 Å². The van der Waals surface area contributed by atoms with Gasteiger partial charge in [-0.05, 0) is 23.3 Å². The zero-order valence-corrected chi connectivity index (χ0v) is 8.58. The summed E-state index contributed by atoms with van der Waals surface area (Å²) in [5.41, 5.74) is 2.17. The Kier molecular flexibility index (Phi) is 3.24. The zero-order chi connectivity index (χ0) is 11.4. The van der Waals surface area contributed by atoms with Crippen LogP contribution in [-0.4, -0.2) is 17.4 Å². The van der Waals surface area contributed by atoms with Crippen molar-refractivity contribution in [2.24, 2.45) is 0 Å². The van der Waals surface area contributed by atoms with E-state index in [1.165, 1.54) is 0 Å². The predicted molar refractivity (Wildman–Crippen MR) is 62.7 cm³/mol. The molecule has 0 aromatic heterocycles. The van der Waals surface area contributed by atoms with Crippen molar-refractivity contribution < 1.29 is 14.7 Å². The molecule has 4 heteroatoms. The molecule has 0 amide bonds. The van der Waals surface area contributed by atoms with Crippen molar-refractivity contribution in [3.63, 3.8) is 0 Å². The van der Waals surface area contributed by atoms with E-state index in [2.05, 4.69) is 0 Å². The summed E-state index contributed by atoms with van der Waals surface area (Å²) < 4.78 is 4.72. The first kappa shape index (κ1) is 10.7. The van der Waals surface area contributed by atoms with Crippen molar-refractivity contribution in [1.82, 2.24) is 0 Å². The van der Waals surface area contributed by atoms with Crippen LogP contribution >= 0.6 is 0 Å². The standard InChI is InChI=1S/C12H11BO3/c14-13(15)16-12-8-6-11(7-9-12)10-4-2-1-3-5-10/h1-9,14-15H. The Morgan fingerprint density at radius 2 is 1.31 bits per heavy atom. The largest absolute Gasteiger partial charge is 0.707 e. The van der Waals surface area contributed by atoms with Crippen molar-refractivity contribution >= 4 is 7.32 Å². The summed E-state index contributed by atoms with van der Waals surface area (Å²) >= 11 is 0. The van der Waals surface area contributed by atoms with Crippen LogP contribution in [0.2, 0.25) is 0 Å². The number of rotatable bonds is 3. The van der Waals surface area contributed by atoms with Crippen molar-refractivity contribution in [3.8, 4) is 16.9 Å². The lowest BCUT2D eigenvalue weighted by Crippen LogP contribution is -2.20. The monoisotopic (exact) mass is 214 g/mol. The van der Waals surface area contributed by atoms with Crippen LogP contribution in [0, 0.1) is 0 Å². The van der Waals surface area contributed by atoms with E-state index in [-0.39, 0.29) is 0 Å². The van der Waals surface area contributed by atoms with Gasteiger partial charge in [0.2, 0.25) is 0 Å². The van der Waals surface area contributed by atoms with Gasteiger partial charge in [-0.25, -0.2) is 0 Å². The van der Waals surface area contributed by atoms with Gasteiger partial charge in [0.1, 0.15) is 5.75 Å². The highest BCUT2D eigenvalue weighted by Gasteiger charge is 2.10. The molecule has 0 radical (unpaired) electrons. The minimum atomic E-state index is -1.78. The second-order valence-corrected chi connectivity index (χ2v) is 3.33. The van der Waals surface area contributed by atoms with E-state index >= 15 is 0 Å². The molecule has 0 spiro atoms. The number of benzene rings is 2. The summed E-state index contributed by atoms with van der Waals surface area (Å²) in [6.45, 7) is 0. The molecule has 2 N–H and O–H groups in total. The van der Waals surface area contributed by atoms with Crippen LogP contribution < -0.4 is 4.65 Å². The zero-order valence-electron chi connectivity index (χ0n) is 8.58. The molecule has 3 nitrogen and oxygen atoms in total. The fourth-order valence-corrected chi connectivity index (χ4v) is 1.48. The molecule has 80 valence electrons. The van der Waals surface area contributed by atoms with E-state index in [9.17, 15) is 0 Å². The summed E-state index contributed by atoms with van der Waals surface area (Å²) in [5, 5.41) is 17.3. The molecule has 0 saturated heterocycles. The van der Waals surface area contributed by atoms with Gasteiger partial charge in [-0.1, -0.05) is 42.5 Å². The molecule has 2 aromatic rings. The molecule has 0 atom stereocenters. The van der Waals surface area contributed by atoms with E-state index in [1.807, 2.05) is 42.5 Å². The third-order valence-electron chi connectivity index (χ3n) is 2.20. The molecule has 0 saturated carbocycles. The van der Waals surface area contributed by atoms with Gasteiger partial charge in [0, 0.05) is 0 Å². The minimum absolute atomic E-state index is 0.426. The fraction of sp³-hybridized carbons (Fsp3) is 0. The molecule has 0 fully saturated rings. The highest BCUT2D eigenvalue weighted by Crippen LogP contribution is 2.21. The highest BCUT2D eigenvalue weighted by molar-refractivity contribution is 6.33. The normalized spacial score (nSPS) is 9.88. The lowest BCUT2D eigenvalue weighted by molar-refractivity contribution is 0.288. The first-order chi connectivity index (χ1) is 7.75. The lowest BCUT2D eigenvalue weighted by atomic mass is 10.1. The molecule has 2 rings (SSSR count). The molecule has 2 aromatic carbocycles. The SMILES string of the molecule is OB(O)Oc1ccc(-c2ccccc2)cc1. The predicted octanol–water partition coefficient (Wildman–Crippen LogP) is 1.70. The molecule has 0 aliphatic carbocycles. The maximum Gasteiger partial charge on any atom is 0.707 e. The third-order valence-corrected chi connectivity index (χ3v) is 2.20. The number of hydrogen-bond donors (Lipinski definition) is 2. The van der Waals surface area contributed by atoms with Crippen molar-refractivity contribution in [3.05, 3.63) is 54.6 Å². The molecular formula is C12H11BO3. The van der Waals surface area contributed by atoms with Gasteiger partial charge in [0.25, 0.3) is 0 Å². The summed E-state index contributed by atoms with van der Waals surface area (Å²) in [4.78, 5) is 0. The summed E-state index contributed by atoms with van der Waals surface area (Å²) in [5.74, 6) is 0.426. The van der Waals surface area contributed by atoms with Gasteiger partial charge in [0.05, 0.1) is 0 Å². The van der Waals surface area contributed by atoms with Crippen LogP contribution in [0.25, 0.3) is 11.1 Å².